The molecule has 0 aromatic heterocycles. The molecule has 1 unspecified atom stereocenters. The first-order valence-corrected chi connectivity index (χ1v) is 6.68. The van der Waals surface area contributed by atoms with Crippen LogP contribution in [-0.4, -0.2) is 42.0 Å². The largest absolute Gasteiger partial charge is 0.351 e. The fourth-order valence-corrected chi connectivity index (χ4v) is 2.36. The van der Waals surface area contributed by atoms with Crippen molar-refractivity contribution in [2.24, 2.45) is 11.1 Å². The van der Waals surface area contributed by atoms with E-state index in [1.54, 1.807) is 0 Å². The summed E-state index contributed by atoms with van der Waals surface area (Å²) in [5.41, 5.74) is 5.79. The van der Waals surface area contributed by atoms with Gasteiger partial charge in [0.05, 0.1) is 6.04 Å². The molecule has 0 aromatic rings. The van der Waals surface area contributed by atoms with Crippen LogP contribution >= 0.6 is 0 Å². The lowest BCUT2D eigenvalue weighted by Crippen LogP contribution is -2.51. The van der Waals surface area contributed by atoms with Gasteiger partial charge in [-0.1, -0.05) is 20.8 Å². The summed E-state index contributed by atoms with van der Waals surface area (Å²) in [6.45, 7) is 8.14. The van der Waals surface area contributed by atoms with Crippen LogP contribution in [0.2, 0.25) is 0 Å². The van der Waals surface area contributed by atoms with E-state index in [0.29, 0.717) is 6.04 Å². The highest BCUT2D eigenvalue weighted by Gasteiger charge is 2.36. The molecular weight excluding hydrogens is 214 g/mol. The summed E-state index contributed by atoms with van der Waals surface area (Å²) >= 11 is 0. The summed E-state index contributed by atoms with van der Waals surface area (Å²) in [5, 5.41) is 3.09. The minimum absolute atomic E-state index is 0.000136. The average molecular weight is 239 g/mol. The van der Waals surface area contributed by atoms with Crippen LogP contribution < -0.4 is 11.1 Å². The monoisotopic (exact) mass is 239 g/mol. The van der Waals surface area contributed by atoms with Crippen molar-refractivity contribution in [1.82, 2.24) is 10.2 Å². The van der Waals surface area contributed by atoms with Gasteiger partial charge in [-0.2, -0.15) is 0 Å². The number of rotatable bonds is 3. The second kappa shape index (κ2) is 4.58. The number of carbonyl (C=O) groups excluding carboxylic acids is 1. The van der Waals surface area contributed by atoms with Crippen molar-refractivity contribution < 1.29 is 4.79 Å². The average Bonchev–Trinajstić information content (AvgIpc) is 2.98. The number of nitrogens with two attached hydrogens (primary N) is 1. The number of hydrogen-bond acceptors (Lipinski definition) is 3. The highest BCUT2D eigenvalue weighted by Crippen LogP contribution is 2.29. The number of hydrogen-bond donors (Lipinski definition) is 2. The molecule has 1 amide bonds. The Morgan fingerprint density at radius 2 is 2.00 bits per heavy atom. The third kappa shape index (κ3) is 3.19. The van der Waals surface area contributed by atoms with E-state index < -0.39 is 6.04 Å². The maximum Gasteiger partial charge on any atom is 0.237 e. The van der Waals surface area contributed by atoms with Gasteiger partial charge >= 0.3 is 0 Å². The molecule has 1 aliphatic heterocycles. The molecular formula is C13H25N3O. The number of nitrogens with one attached hydrogen (secondary N) is 1. The van der Waals surface area contributed by atoms with Gasteiger partial charge in [0, 0.05) is 25.2 Å². The van der Waals surface area contributed by atoms with Crippen LogP contribution in [0.5, 0.6) is 0 Å². The van der Waals surface area contributed by atoms with Gasteiger partial charge in [-0.25, -0.2) is 0 Å². The summed E-state index contributed by atoms with van der Waals surface area (Å²) < 4.78 is 0. The molecule has 17 heavy (non-hydrogen) atoms. The highest BCUT2D eigenvalue weighted by molar-refractivity contribution is 5.82. The number of amides is 1. The fraction of sp³-hybridized carbons (Fsp3) is 0.923. The normalized spacial score (nSPS) is 28.1. The minimum atomic E-state index is -0.419. The fourth-order valence-electron chi connectivity index (χ4n) is 2.36. The predicted molar refractivity (Wildman–Crippen MR) is 68.6 cm³/mol. The quantitative estimate of drug-likeness (QED) is 0.762. The van der Waals surface area contributed by atoms with E-state index in [4.69, 9.17) is 5.73 Å². The zero-order valence-electron chi connectivity index (χ0n) is 11.2. The zero-order valence-corrected chi connectivity index (χ0v) is 11.2. The van der Waals surface area contributed by atoms with E-state index in [-0.39, 0.29) is 11.3 Å². The summed E-state index contributed by atoms with van der Waals surface area (Å²) in [4.78, 5) is 14.5. The first-order chi connectivity index (χ1) is 7.88. The Kier molecular flexibility index (Phi) is 3.46. The summed E-state index contributed by atoms with van der Waals surface area (Å²) in [7, 11) is 0. The van der Waals surface area contributed by atoms with Crippen molar-refractivity contribution in [3.05, 3.63) is 0 Å². The van der Waals surface area contributed by atoms with Crippen LogP contribution in [0, 0.1) is 5.41 Å². The Bertz CT molecular complexity index is 294. The smallest absolute Gasteiger partial charge is 0.237 e. The lowest BCUT2D eigenvalue weighted by atomic mass is 9.87. The molecule has 98 valence electrons. The molecule has 2 fully saturated rings. The Balaban J connectivity index is 1.79. The SMILES string of the molecule is CC(C)(C)[C@@H](N)C(=O)NC1CCN(C2CC2)C1. The molecule has 0 spiro atoms. The first-order valence-electron chi connectivity index (χ1n) is 6.68. The molecule has 2 rings (SSSR count). The maximum absolute atomic E-state index is 12.0. The molecule has 2 atom stereocenters. The van der Waals surface area contributed by atoms with Crippen molar-refractivity contribution in [2.45, 2.75) is 58.2 Å². The van der Waals surface area contributed by atoms with Crippen LogP contribution in [0.25, 0.3) is 0 Å². The molecule has 0 bridgehead atoms. The van der Waals surface area contributed by atoms with Gasteiger partial charge in [0.2, 0.25) is 5.91 Å². The Labute approximate surface area is 104 Å². The van der Waals surface area contributed by atoms with E-state index in [9.17, 15) is 4.79 Å². The maximum atomic E-state index is 12.0. The number of likely N-dealkylation sites (tertiary alicyclic amines) is 1. The van der Waals surface area contributed by atoms with Gasteiger partial charge in [0.25, 0.3) is 0 Å². The standard InChI is InChI=1S/C13H25N3O/c1-13(2,3)11(14)12(17)15-9-6-7-16(8-9)10-4-5-10/h9-11H,4-8,14H2,1-3H3,(H,15,17)/t9?,11-/m0/s1. The van der Waals surface area contributed by atoms with Gasteiger partial charge in [0.15, 0.2) is 0 Å². The molecule has 4 nitrogen and oxygen atoms in total. The van der Waals surface area contributed by atoms with Crippen LogP contribution in [0.15, 0.2) is 0 Å². The van der Waals surface area contributed by atoms with E-state index in [1.165, 1.54) is 12.8 Å². The first kappa shape index (κ1) is 12.8. The van der Waals surface area contributed by atoms with E-state index in [2.05, 4.69) is 10.2 Å². The molecule has 1 saturated heterocycles. The van der Waals surface area contributed by atoms with Gasteiger partial charge in [0.1, 0.15) is 0 Å². The van der Waals surface area contributed by atoms with E-state index in [0.717, 1.165) is 25.6 Å². The van der Waals surface area contributed by atoms with Crippen molar-refractivity contribution in [1.29, 1.82) is 0 Å². The van der Waals surface area contributed by atoms with Gasteiger partial charge in [-0.15, -0.1) is 0 Å². The van der Waals surface area contributed by atoms with Gasteiger partial charge in [-0.05, 0) is 24.7 Å². The molecule has 0 aromatic carbocycles. The Morgan fingerprint density at radius 3 is 2.53 bits per heavy atom. The van der Waals surface area contributed by atoms with E-state index >= 15 is 0 Å². The lowest BCUT2D eigenvalue weighted by Gasteiger charge is -2.27. The second-order valence-electron chi connectivity index (χ2n) is 6.56. The Hall–Kier alpha value is -0.610. The molecule has 2 aliphatic rings. The number of nitrogens with zero attached hydrogens (tertiary/aromatic N) is 1. The van der Waals surface area contributed by atoms with Crippen molar-refractivity contribution in [3.8, 4) is 0 Å². The molecule has 3 N–H and O–H groups in total. The summed E-state index contributed by atoms with van der Waals surface area (Å²) in [5.74, 6) is 0.000136. The topological polar surface area (TPSA) is 58.4 Å². The number of carbonyl (C=O) groups is 1. The van der Waals surface area contributed by atoms with Gasteiger partial charge in [-0.3, -0.25) is 9.69 Å². The summed E-state index contributed by atoms with van der Waals surface area (Å²) in [6.07, 6.45) is 3.74. The molecule has 1 saturated carbocycles. The van der Waals surface area contributed by atoms with Crippen LogP contribution in [-0.2, 0) is 4.79 Å². The molecule has 0 radical (unpaired) electrons. The van der Waals surface area contributed by atoms with Crippen molar-refractivity contribution in [2.75, 3.05) is 13.1 Å². The van der Waals surface area contributed by atoms with Crippen molar-refractivity contribution >= 4 is 5.91 Å². The van der Waals surface area contributed by atoms with Crippen LogP contribution in [0.4, 0.5) is 0 Å². The highest BCUT2D eigenvalue weighted by atomic mass is 16.2. The Morgan fingerprint density at radius 1 is 1.35 bits per heavy atom. The van der Waals surface area contributed by atoms with Gasteiger partial charge < -0.3 is 11.1 Å². The third-order valence-corrected chi connectivity index (χ3v) is 3.84. The van der Waals surface area contributed by atoms with Crippen LogP contribution in [0.1, 0.15) is 40.0 Å². The minimum Gasteiger partial charge on any atom is -0.351 e. The molecule has 4 heteroatoms. The summed E-state index contributed by atoms with van der Waals surface area (Å²) in [6, 6.07) is 0.683. The molecule has 1 heterocycles. The third-order valence-electron chi connectivity index (χ3n) is 3.84. The van der Waals surface area contributed by atoms with Crippen molar-refractivity contribution in [3.63, 3.8) is 0 Å². The molecule has 1 aliphatic carbocycles. The lowest BCUT2D eigenvalue weighted by molar-refractivity contribution is -0.125. The zero-order chi connectivity index (χ0) is 12.6. The van der Waals surface area contributed by atoms with E-state index in [1.807, 2.05) is 20.8 Å². The predicted octanol–water partition coefficient (Wildman–Crippen LogP) is 0.713. The van der Waals surface area contributed by atoms with Crippen LogP contribution in [0.3, 0.4) is 0 Å². The second-order valence-corrected chi connectivity index (χ2v) is 6.56.